The fourth-order valence-electron chi connectivity index (χ4n) is 1.43. The van der Waals surface area contributed by atoms with Crippen molar-refractivity contribution in [2.24, 2.45) is 5.73 Å². The number of nitrogens with zero attached hydrogens (tertiary/aromatic N) is 4. The predicted octanol–water partition coefficient (Wildman–Crippen LogP) is 0.859. The summed E-state index contributed by atoms with van der Waals surface area (Å²) in [7, 11) is 0. The molecule has 0 radical (unpaired) electrons. The van der Waals surface area contributed by atoms with E-state index in [2.05, 4.69) is 31.3 Å². The molecule has 0 saturated carbocycles. The molecule has 0 saturated heterocycles. The number of nitrogens with two attached hydrogens (primary N) is 1. The Bertz CT molecular complexity index is 639. The van der Waals surface area contributed by atoms with E-state index in [0.717, 1.165) is 14.8 Å². The lowest BCUT2D eigenvalue weighted by atomic mass is 10.2. The minimum atomic E-state index is -0.921. The predicted molar refractivity (Wildman–Crippen MR) is 73.4 cm³/mol. The molecule has 2 rings (SSSR count). The maximum Gasteiger partial charge on any atom is 0.318 e. The Morgan fingerprint density at radius 3 is 2.60 bits per heavy atom. The second-order valence-electron chi connectivity index (χ2n) is 3.97. The third-order valence-electron chi connectivity index (χ3n) is 2.50. The highest BCUT2D eigenvalue weighted by atomic mass is 79.9. The molecule has 0 spiro atoms. The van der Waals surface area contributed by atoms with Crippen molar-refractivity contribution >= 4 is 27.9 Å². The Labute approximate surface area is 122 Å². The first-order valence-corrected chi connectivity index (χ1v) is 6.42. The Kier molecular flexibility index (Phi) is 4.08. The molecule has 3 amide bonds. The number of aromatic nitrogens is 4. The number of halogens is 1. The molecule has 0 aliphatic rings. The number of urea groups is 1. The standard InChI is InChI=1S/C11H11BrN6O2/c1-6(10(19)14-11(13)20)18-16-9(15-17-18)7-2-4-8(12)5-3-7/h2-6H,1H3,(H3,13,14,19,20). The number of imide groups is 1. The van der Waals surface area contributed by atoms with Gasteiger partial charge in [-0.2, -0.15) is 4.80 Å². The quantitative estimate of drug-likeness (QED) is 0.860. The summed E-state index contributed by atoms with van der Waals surface area (Å²) in [5.74, 6) is -0.214. The summed E-state index contributed by atoms with van der Waals surface area (Å²) in [6.07, 6.45) is 0. The minimum Gasteiger partial charge on any atom is -0.351 e. The van der Waals surface area contributed by atoms with Gasteiger partial charge in [-0.15, -0.1) is 10.2 Å². The third kappa shape index (κ3) is 3.18. The lowest BCUT2D eigenvalue weighted by Crippen LogP contribution is -2.39. The average molecular weight is 339 g/mol. The summed E-state index contributed by atoms with van der Waals surface area (Å²) in [6.45, 7) is 1.53. The van der Waals surface area contributed by atoms with Crippen LogP contribution in [0.15, 0.2) is 28.7 Å². The molecule has 0 fully saturated rings. The summed E-state index contributed by atoms with van der Waals surface area (Å²) in [4.78, 5) is 23.3. The van der Waals surface area contributed by atoms with Crippen molar-refractivity contribution in [1.29, 1.82) is 0 Å². The second-order valence-corrected chi connectivity index (χ2v) is 4.89. The molecule has 1 aromatic heterocycles. The zero-order valence-corrected chi connectivity index (χ0v) is 12.0. The highest BCUT2D eigenvalue weighted by molar-refractivity contribution is 9.10. The van der Waals surface area contributed by atoms with Crippen molar-refractivity contribution in [1.82, 2.24) is 25.5 Å². The average Bonchev–Trinajstić information content (AvgIpc) is 2.87. The van der Waals surface area contributed by atoms with Gasteiger partial charge in [-0.3, -0.25) is 10.1 Å². The Morgan fingerprint density at radius 1 is 1.35 bits per heavy atom. The van der Waals surface area contributed by atoms with Crippen LogP contribution in [0.25, 0.3) is 11.4 Å². The zero-order valence-electron chi connectivity index (χ0n) is 10.4. The van der Waals surface area contributed by atoms with Crippen LogP contribution in [0.2, 0.25) is 0 Å². The highest BCUT2D eigenvalue weighted by Gasteiger charge is 2.19. The summed E-state index contributed by atoms with van der Waals surface area (Å²) >= 11 is 3.33. The second kappa shape index (κ2) is 5.78. The van der Waals surface area contributed by atoms with Gasteiger partial charge < -0.3 is 5.73 Å². The van der Waals surface area contributed by atoms with E-state index in [-0.39, 0.29) is 0 Å². The molecule has 1 unspecified atom stereocenters. The molecule has 8 nitrogen and oxygen atoms in total. The SMILES string of the molecule is CC(C(=O)NC(N)=O)n1nnc(-c2ccc(Br)cc2)n1. The number of benzene rings is 1. The zero-order chi connectivity index (χ0) is 14.7. The normalized spacial score (nSPS) is 11.9. The van der Waals surface area contributed by atoms with Gasteiger partial charge in [0.05, 0.1) is 0 Å². The lowest BCUT2D eigenvalue weighted by molar-refractivity contribution is -0.123. The molecule has 20 heavy (non-hydrogen) atoms. The fourth-order valence-corrected chi connectivity index (χ4v) is 1.70. The molecule has 0 aliphatic heterocycles. The van der Waals surface area contributed by atoms with Crippen LogP contribution >= 0.6 is 15.9 Å². The van der Waals surface area contributed by atoms with Gasteiger partial charge in [-0.1, -0.05) is 15.9 Å². The number of hydrogen-bond donors (Lipinski definition) is 2. The van der Waals surface area contributed by atoms with E-state index >= 15 is 0 Å². The summed E-state index contributed by atoms with van der Waals surface area (Å²) < 4.78 is 0.933. The van der Waals surface area contributed by atoms with Crippen LogP contribution < -0.4 is 11.1 Å². The van der Waals surface area contributed by atoms with Crippen LogP contribution in [0.5, 0.6) is 0 Å². The van der Waals surface area contributed by atoms with Crippen LogP contribution in [0.3, 0.4) is 0 Å². The van der Waals surface area contributed by atoms with Gasteiger partial charge >= 0.3 is 6.03 Å². The number of carbonyl (C=O) groups is 2. The van der Waals surface area contributed by atoms with Gasteiger partial charge in [0.2, 0.25) is 5.82 Å². The third-order valence-corrected chi connectivity index (χ3v) is 3.03. The van der Waals surface area contributed by atoms with E-state index in [4.69, 9.17) is 5.73 Å². The summed E-state index contributed by atoms with van der Waals surface area (Å²) in [6, 6.07) is 5.62. The van der Waals surface area contributed by atoms with Crippen molar-refractivity contribution in [3.05, 3.63) is 28.7 Å². The van der Waals surface area contributed by atoms with E-state index in [1.54, 1.807) is 0 Å². The monoisotopic (exact) mass is 338 g/mol. The van der Waals surface area contributed by atoms with E-state index in [0.29, 0.717) is 5.82 Å². The number of nitrogens with one attached hydrogen (secondary N) is 1. The smallest absolute Gasteiger partial charge is 0.318 e. The molecule has 1 heterocycles. The molecule has 0 bridgehead atoms. The van der Waals surface area contributed by atoms with E-state index in [1.165, 1.54) is 6.92 Å². The van der Waals surface area contributed by atoms with E-state index in [9.17, 15) is 9.59 Å². The van der Waals surface area contributed by atoms with Crippen molar-refractivity contribution in [3.63, 3.8) is 0 Å². The molecule has 1 atom stereocenters. The number of tetrazole rings is 1. The van der Waals surface area contributed by atoms with Crippen LogP contribution in [0.1, 0.15) is 13.0 Å². The largest absolute Gasteiger partial charge is 0.351 e. The van der Waals surface area contributed by atoms with Crippen molar-refractivity contribution in [2.45, 2.75) is 13.0 Å². The topological polar surface area (TPSA) is 116 Å². The van der Waals surface area contributed by atoms with E-state index < -0.39 is 18.0 Å². The Hall–Kier alpha value is -2.29. The van der Waals surface area contributed by atoms with Gasteiger partial charge in [0, 0.05) is 10.0 Å². The van der Waals surface area contributed by atoms with Crippen molar-refractivity contribution < 1.29 is 9.59 Å². The molecule has 0 aliphatic carbocycles. The number of carbonyl (C=O) groups excluding carboxylic acids is 2. The molecular formula is C11H11BrN6O2. The lowest BCUT2D eigenvalue weighted by Gasteiger charge is -2.07. The molecule has 2 aromatic rings. The first-order chi connectivity index (χ1) is 9.47. The Balaban J connectivity index is 2.18. The van der Waals surface area contributed by atoms with Crippen LogP contribution in [0.4, 0.5) is 4.79 Å². The molecule has 3 N–H and O–H groups in total. The maximum atomic E-state index is 11.6. The van der Waals surface area contributed by atoms with Gasteiger partial charge in [-0.05, 0) is 36.4 Å². The number of hydrogen-bond acceptors (Lipinski definition) is 5. The highest BCUT2D eigenvalue weighted by Crippen LogP contribution is 2.18. The number of rotatable bonds is 3. The Morgan fingerprint density at radius 2 is 2.00 bits per heavy atom. The fraction of sp³-hybridized carbons (Fsp3) is 0.182. The van der Waals surface area contributed by atoms with E-state index in [1.807, 2.05) is 29.6 Å². The maximum absolute atomic E-state index is 11.6. The first kappa shape index (κ1) is 14.1. The van der Waals surface area contributed by atoms with Crippen LogP contribution in [-0.2, 0) is 4.79 Å². The summed E-state index contributed by atoms with van der Waals surface area (Å²) in [5.41, 5.74) is 5.64. The minimum absolute atomic E-state index is 0.385. The molecule has 9 heteroatoms. The van der Waals surface area contributed by atoms with Crippen LogP contribution in [0, 0.1) is 0 Å². The summed E-state index contributed by atoms with van der Waals surface area (Å²) in [5, 5.41) is 13.7. The van der Waals surface area contributed by atoms with Gasteiger partial charge in [0.15, 0.2) is 0 Å². The first-order valence-electron chi connectivity index (χ1n) is 5.63. The van der Waals surface area contributed by atoms with Gasteiger partial charge in [0.25, 0.3) is 5.91 Å². The van der Waals surface area contributed by atoms with Gasteiger partial charge in [0.1, 0.15) is 6.04 Å². The number of primary amides is 1. The van der Waals surface area contributed by atoms with Crippen molar-refractivity contribution in [3.8, 4) is 11.4 Å². The van der Waals surface area contributed by atoms with Crippen molar-refractivity contribution in [2.75, 3.05) is 0 Å². The van der Waals surface area contributed by atoms with Gasteiger partial charge in [-0.25, -0.2) is 4.79 Å². The van der Waals surface area contributed by atoms with Crippen LogP contribution in [-0.4, -0.2) is 32.1 Å². The molecule has 1 aromatic carbocycles. The molecular weight excluding hydrogens is 328 g/mol. The molecule has 104 valence electrons. The number of amides is 3.